The molecule has 1 fully saturated rings. The first-order valence-corrected chi connectivity index (χ1v) is 7.96. The summed E-state index contributed by atoms with van der Waals surface area (Å²) in [5.74, 6) is 0. The molecule has 1 aromatic carbocycles. The third-order valence-corrected chi connectivity index (χ3v) is 4.75. The third-order valence-electron chi connectivity index (χ3n) is 3.70. The van der Waals surface area contributed by atoms with Gasteiger partial charge in [0.2, 0.25) is 0 Å². The van der Waals surface area contributed by atoms with Gasteiger partial charge in [-0.3, -0.25) is 0 Å². The Balaban J connectivity index is 1.76. The summed E-state index contributed by atoms with van der Waals surface area (Å²) in [7, 11) is 0. The van der Waals surface area contributed by atoms with Crippen molar-refractivity contribution in [1.29, 1.82) is 0 Å². The third kappa shape index (κ3) is 3.41. The standard InChI is InChI=1S/C17H20N2S/c1-12-5-8-16(10-13(12)2)20-17-14(4-3-9-18-17)11-19-15-6-7-15/h3-5,8-10,15,19H,6-7,11H2,1-2H3. The highest BCUT2D eigenvalue weighted by atomic mass is 32.2. The predicted octanol–water partition coefficient (Wildman–Crippen LogP) is 4.10. The molecule has 20 heavy (non-hydrogen) atoms. The van der Waals surface area contributed by atoms with E-state index in [1.54, 1.807) is 11.8 Å². The molecule has 3 rings (SSSR count). The van der Waals surface area contributed by atoms with E-state index in [-0.39, 0.29) is 0 Å². The quantitative estimate of drug-likeness (QED) is 0.894. The molecule has 2 aromatic rings. The van der Waals surface area contributed by atoms with Crippen molar-refractivity contribution in [3.8, 4) is 0 Å². The van der Waals surface area contributed by atoms with Crippen LogP contribution in [-0.4, -0.2) is 11.0 Å². The Morgan fingerprint density at radius 1 is 1.20 bits per heavy atom. The van der Waals surface area contributed by atoms with E-state index in [9.17, 15) is 0 Å². The van der Waals surface area contributed by atoms with Crippen molar-refractivity contribution < 1.29 is 0 Å². The van der Waals surface area contributed by atoms with Gasteiger partial charge in [0.15, 0.2) is 0 Å². The van der Waals surface area contributed by atoms with Crippen LogP contribution in [0.1, 0.15) is 29.5 Å². The van der Waals surface area contributed by atoms with Crippen LogP contribution in [0.3, 0.4) is 0 Å². The second-order valence-electron chi connectivity index (χ2n) is 5.47. The fraction of sp³-hybridized carbons (Fsp3) is 0.353. The summed E-state index contributed by atoms with van der Waals surface area (Å²) in [5.41, 5.74) is 3.97. The number of nitrogens with zero attached hydrogens (tertiary/aromatic N) is 1. The van der Waals surface area contributed by atoms with Crippen molar-refractivity contribution >= 4 is 11.8 Å². The molecular weight excluding hydrogens is 264 g/mol. The van der Waals surface area contributed by atoms with Gasteiger partial charge < -0.3 is 5.32 Å². The maximum atomic E-state index is 4.55. The van der Waals surface area contributed by atoms with Gasteiger partial charge in [-0.2, -0.15) is 0 Å². The monoisotopic (exact) mass is 284 g/mol. The average Bonchev–Trinajstić information content (AvgIpc) is 3.26. The zero-order valence-electron chi connectivity index (χ0n) is 12.0. The smallest absolute Gasteiger partial charge is 0.105 e. The van der Waals surface area contributed by atoms with Crippen LogP contribution in [0.4, 0.5) is 0 Å². The summed E-state index contributed by atoms with van der Waals surface area (Å²) in [6.07, 6.45) is 4.52. The number of benzene rings is 1. The molecule has 0 unspecified atom stereocenters. The first-order chi connectivity index (χ1) is 9.72. The maximum absolute atomic E-state index is 4.55. The molecule has 0 aliphatic heterocycles. The SMILES string of the molecule is Cc1ccc(Sc2ncccc2CNC2CC2)cc1C. The maximum Gasteiger partial charge on any atom is 0.105 e. The van der Waals surface area contributed by atoms with Crippen LogP contribution in [0.15, 0.2) is 46.5 Å². The fourth-order valence-electron chi connectivity index (χ4n) is 2.08. The number of hydrogen-bond donors (Lipinski definition) is 1. The van der Waals surface area contributed by atoms with E-state index >= 15 is 0 Å². The van der Waals surface area contributed by atoms with Crippen LogP contribution in [0.5, 0.6) is 0 Å². The highest BCUT2D eigenvalue weighted by Crippen LogP contribution is 2.30. The number of rotatable bonds is 5. The molecule has 1 heterocycles. The molecule has 0 saturated heterocycles. The molecule has 0 spiro atoms. The minimum absolute atomic E-state index is 0.731. The Hall–Kier alpha value is -1.32. The van der Waals surface area contributed by atoms with Crippen LogP contribution < -0.4 is 5.32 Å². The molecule has 0 amide bonds. The Bertz CT molecular complexity index is 606. The minimum Gasteiger partial charge on any atom is -0.310 e. The van der Waals surface area contributed by atoms with Crippen LogP contribution in [0.25, 0.3) is 0 Å². The van der Waals surface area contributed by atoms with Crippen molar-refractivity contribution in [2.24, 2.45) is 0 Å². The highest BCUT2D eigenvalue weighted by Gasteiger charge is 2.20. The van der Waals surface area contributed by atoms with Crippen LogP contribution in [0, 0.1) is 13.8 Å². The van der Waals surface area contributed by atoms with E-state index in [1.807, 2.05) is 12.3 Å². The molecule has 1 N–H and O–H groups in total. The fourth-order valence-corrected chi connectivity index (χ4v) is 3.06. The Morgan fingerprint density at radius 2 is 2.05 bits per heavy atom. The van der Waals surface area contributed by atoms with Gasteiger partial charge in [0, 0.05) is 23.7 Å². The molecule has 1 saturated carbocycles. The normalized spacial score (nSPS) is 14.5. The zero-order valence-corrected chi connectivity index (χ0v) is 12.8. The topological polar surface area (TPSA) is 24.9 Å². The number of hydrogen-bond acceptors (Lipinski definition) is 3. The summed E-state index contributed by atoms with van der Waals surface area (Å²) >= 11 is 1.76. The second kappa shape index (κ2) is 5.98. The van der Waals surface area contributed by atoms with Crippen LogP contribution in [0.2, 0.25) is 0 Å². The van der Waals surface area contributed by atoms with Crippen molar-refractivity contribution in [3.05, 3.63) is 53.2 Å². The van der Waals surface area contributed by atoms with Gasteiger partial charge in [0.05, 0.1) is 0 Å². The highest BCUT2D eigenvalue weighted by molar-refractivity contribution is 7.99. The van der Waals surface area contributed by atoms with Crippen molar-refractivity contribution in [2.75, 3.05) is 0 Å². The predicted molar refractivity (Wildman–Crippen MR) is 84.1 cm³/mol. The molecular formula is C17H20N2S. The van der Waals surface area contributed by atoms with Gasteiger partial charge in [-0.05, 0) is 61.6 Å². The second-order valence-corrected chi connectivity index (χ2v) is 6.53. The molecule has 0 radical (unpaired) electrons. The lowest BCUT2D eigenvalue weighted by atomic mass is 10.1. The van der Waals surface area contributed by atoms with Crippen LogP contribution in [-0.2, 0) is 6.54 Å². The van der Waals surface area contributed by atoms with E-state index in [1.165, 1.54) is 34.4 Å². The first-order valence-electron chi connectivity index (χ1n) is 7.15. The van der Waals surface area contributed by atoms with E-state index in [2.05, 4.69) is 48.4 Å². The Kier molecular flexibility index (Phi) is 4.08. The molecule has 1 aliphatic rings. The van der Waals surface area contributed by atoms with Gasteiger partial charge in [-0.25, -0.2) is 4.98 Å². The van der Waals surface area contributed by atoms with Gasteiger partial charge in [-0.15, -0.1) is 0 Å². The lowest BCUT2D eigenvalue weighted by Crippen LogP contribution is -2.16. The lowest BCUT2D eigenvalue weighted by Gasteiger charge is -2.10. The average molecular weight is 284 g/mol. The minimum atomic E-state index is 0.731. The molecule has 3 heteroatoms. The molecule has 0 bridgehead atoms. The van der Waals surface area contributed by atoms with Gasteiger partial charge >= 0.3 is 0 Å². The number of pyridine rings is 1. The molecule has 0 atom stereocenters. The van der Waals surface area contributed by atoms with Gasteiger partial charge in [0.1, 0.15) is 5.03 Å². The number of aryl methyl sites for hydroxylation is 2. The Morgan fingerprint density at radius 3 is 2.80 bits per heavy atom. The summed E-state index contributed by atoms with van der Waals surface area (Å²) in [6.45, 7) is 5.23. The number of nitrogens with one attached hydrogen (secondary N) is 1. The lowest BCUT2D eigenvalue weighted by molar-refractivity contribution is 0.675. The van der Waals surface area contributed by atoms with E-state index in [4.69, 9.17) is 0 Å². The van der Waals surface area contributed by atoms with Crippen molar-refractivity contribution in [3.63, 3.8) is 0 Å². The van der Waals surface area contributed by atoms with E-state index < -0.39 is 0 Å². The molecule has 1 aliphatic carbocycles. The van der Waals surface area contributed by atoms with E-state index in [0.717, 1.165) is 17.6 Å². The van der Waals surface area contributed by atoms with Gasteiger partial charge in [-0.1, -0.05) is 23.9 Å². The summed E-state index contributed by atoms with van der Waals surface area (Å²) in [5, 5.41) is 4.68. The molecule has 1 aromatic heterocycles. The van der Waals surface area contributed by atoms with E-state index in [0.29, 0.717) is 0 Å². The van der Waals surface area contributed by atoms with Gasteiger partial charge in [0.25, 0.3) is 0 Å². The number of aromatic nitrogens is 1. The first kappa shape index (κ1) is 13.7. The largest absolute Gasteiger partial charge is 0.310 e. The zero-order chi connectivity index (χ0) is 13.9. The summed E-state index contributed by atoms with van der Waals surface area (Å²) < 4.78 is 0. The Labute approximate surface area is 125 Å². The molecule has 104 valence electrons. The summed E-state index contributed by atoms with van der Waals surface area (Å²) in [6, 6.07) is 11.5. The van der Waals surface area contributed by atoms with Crippen molar-refractivity contribution in [1.82, 2.24) is 10.3 Å². The van der Waals surface area contributed by atoms with Crippen molar-refractivity contribution in [2.45, 2.75) is 49.2 Å². The summed E-state index contributed by atoms with van der Waals surface area (Å²) in [4.78, 5) is 5.81. The van der Waals surface area contributed by atoms with Crippen LogP contribution >= 0.6 is 11.8 Å². The molecule has 2 nitrogen and oxygen atoms in total.